The maximum absolute atomic E-state index is 12.0. The molecular weight excluding hydrogens is 463 g/mol. The zero-order valence-electron chi connectivity index (χ0n) is 20.0. The van der Waals surface area contributed by atoms with Crippen molar-refractivity contribution in [1.82, 2.24) is 9.88 Å². The maximum Gasteiger partial charge on any atom is 0.636 e. The average molecular weight is 488 g/mol. The summed E-state index contributed by atoms with van der Waals surface area (Å²) in [6, 6.07) is 18.3. The molecule has 0 spiro atoms. The first-order chi connectivity index (χ1) is 17.5. The topological polar surface area (TPSA) is 96.4 Å². The number of nitrogens with zero attached hydrogens (tertiary/aromatic N) is 2. The predicted molar refractivity (Wildman–Crippen MR) is 131 cm³/mol. The normalized spacial score (nSPS) is 17.9. The summed E-state index contributed by atoms with van der Waals surface area (Å²) in [7, 11) is 2.14. The van der Waals surface area contributed by atoms with Gasteiger partial charge in [-0.3, -0.25) is 14.5 Å². The van der Waals surface area contributed by atoms with E-state index in [0.29, 0.717) is 23.0 Å². The van der Waals surface area contributed by atoms with Gasteiger partial charge in [-0.1, -0.05) is 30.3 Å². The van der Waals surface area contributed by atoms with Crippen LogP contribution in [0.2, 0.25) is 0 Å². The highest BCUT2D eigenvalue weighted by Gasteiger charge is 2.34. The van der Waals surface area contributed by atoms with Crippen molar-refractivity contribution in [3.05, 3.63) is 71.8 Å². The summed E-state index contributed by atoms with van der Waals surface area (Å²) in [6.45, 7) is 0.0426. The van der Waals surface area contributed by atoms with Crippen molar-refractivity contribution in [3.8, 4) is 23.3 Å². The van der Waals surface area contributed by atoms with E-state index in [0.717, 1.165) is 29.7 Å². The van der Waals surface area contributed by atoms with Gasteiger partial charge in [-0.15, -0.1) is 0 Å². The van der Waals surface area contributed by atoms with Gasteiger partial charge in [0, 0.05) is 23.2 Å². The number of benzene rings is 2. The van der Waals surface area contributed by atoms with Crippen LogP contribution in [0, 0.1) is 0 Å². The minimum Gasteiger partial charge on any atom is -0.494 e. The molecule has 0 amide bonds. The fraction of sp³-hybridized carbons (Fsp3) is 0.269. The van der Waals surface area contributed by atoms with Crippen LogP contribution in [-0.2, 0) is 25.3 Å². The van der Waals surface area contributed by atoms with Crippen LogP contribution >= 0.6 is 0 Å². The molecule has 5 rings (SSSR count). The fourth-order valence-electron chi connectivity index (χ4n) is 4.32. The molecule has 0 radical (unpaired) electrons. The molecule has 2 aliphatic rings. The summed E-state index contributed by atoms with van der Waals surface area (Å²) in [5.41, 5.74) is 2.70. The van der Waals surface area contributed by atoms with E-state index in [9.17, 15) is 9.59 Å². The second kappa shape index (κ2) is 10.3. The lowest BCUT2D eigenvalue weighted by Crippen LogP contribution is -2.47. The highest BCUT2D eigenvalue weighted by atomic mass is 16.6. The van der Waals surface area contributed by atoms with Crippen LogP contribution in [0.25, 0.3) is 0 Å². The predicted octanol–water partition coefficient (Wildman–Crippen LogP) is 2.68. The Bertz CT molecular complexity index is 1250. The lowest BCUT2D eigenvalue weighted by molar-refractivity contribution is -0.145. The Morgan fingerprint density at radius 2 is 1.64 bits per heavy atom. The van der Waals surface area contributed by atoms with Crippen molar-refractivity contribution >= 4 is 24.5 Å². The van der Waals surface area contributed by atoms with Gasteiger partial charge in [0.15, 0.2) is 0 Å². The van der Waals surface area contributed by atoms with E-state index in [4.69, 9.17) is 23.5 Å². The molecule has 1 aliphatic carbocycles. The third kappa shape index (κ3) is 5.28. The summed E-state index contributed by atoms with van der Waals surface area (Å²) in [5, 5.41) is 0. The monoisotopic (exact) mass is 488 g/mol. The highest BCUT2D eigenvalue weighted by molar-refractivity contribution is 6.64. The summed E-state index contributed by atoms with van der Waals surface area (Å²) in [5.74, 6) is 1.43. The van der Waals surface area contributed by atoms with E-state index < -0.39 is 19.1 Å². The minimum absolute atomic E-state index is 0.0213. The molecule has 1 fully saturated rings. The summed E-state index contributed by atoms with van der Waals surface area (Å²) in [6.07, 6.45) is 1.47. The standard InChI is InChI=1S/C26H25BN2O7/c1-29-15-25(30)35-27(36-26(31)16-29)17-9-11-18(12-10-17)33-22-14-13-20-19(22)5-3-6-21(20)34-24-8-4-7-23(28-24)32-2/h3-12,22H,13-16H2,1-2H3/t22-/m1/s1. The molecule has 1 aliphatic heterocycles. The van der Waals surface area contributed by atoms with Crippen LogP contribution in [0.4, 0.5) is 0 Å². The Kier molecular flexibility index (Phi) is 6.77. The van der Waals surface area contributed by atoms with Crippen molar-refractivity contribution in [2.45, 2.75) is 18.9 Å². The van der Waals surface area contributed by atoms with Crippen LogP contribution in [0.5, 0.6) is 23.3 Å². The minimum atomic E-state index is -1.08. The van der Waals surface area contributed by atoms with Gasteiger partial charge in [-0.2, -0.15) is 4.98 Å². The third-order valence-electron chi connectivity index (χ3n) is 6.00. The molecule has 10 heteroatoms. The lowest BCUT2D eigenvalue weighted by Gasteiger charge is -2.22. The summed E-state index contributed by atoms with van der Waals surface area (Å²) >= 11 is 0. The van der Waals surface area contributed by atoms with Crippen LogP contribution in [0.3, 0.4) is 0 Å². The average Bonchev–Trinajstić information content (AvgIpc) is 3.27. The Hall–Kier alpha value is -4.05. The molecule has 2 aromatic carbocycles. The maximum atomic E-state index is 12.0. The molecule has 1 atom stereocenters. The number of aromatic nitrogens is 1. The molecule has 184 valence electrons. The first kappa shape index (κ1) is 23.7. The number of methoxy groups -OCH3 is 1. The van der Waals surface area contributed by atoms with Crippen LogP contribution in [0.1, 0.15) is 23.7 Å². The van der Waals surface area contributed by atoms with E-state index in [1.54, 1.807) is 55.5 Å². The van der Waals surface area contributed by atoms with Crippen LogP contribution < -0.4 is 19.7 Å². The Labute approximate surface area is 209 Å². The van der Waals surface area contributed by atoms with Gasteiger partial charge in [0.05, 0.1) is 20.2 Å². The number of hydrogen-bond donors (Lipinski definition) is 0. The summed E-state index contributed by atoms with van der Waals surface area (Å²) in [4.78, 5) is 29.9. The van der Waals surface area contributed by atoms with E-state index in [1.165, 1.54) is 0 Å². The van der Waals surface area contributed by atoms with Crippen molar-refractivity contribution < 1.29 is 33.1 Å². The van der Waals surface area contributed by atoms with E-state index in [-0.39, 0.29) is 19.2 Å². The van der Waals surface area contributed by atoms with Crippen molar-refractivity contribution in [2.24, 2.45) is 0 Å². The van der Waals surface area contributed by atoms with Crippen molar-refractivity contribution in [1.29, 1.82) is 0 Å². The zero-order chi connectivity index (χ0) is 25.1. The molecule has 0 bridgehead atoms. The second-order valence-electron chi connectivity index (χ2n) is 8.64. The van der Waals surface area contributed by atoms with E-state index >= 15 is 0 Å². The van der Waals surface area contributed by atoms with Gasteiger partial charge in [-0.05, 0) is 43.7 Å². The van der Waals surface area contributed by atoms with Gasteiger partial charge in [0.1, 0.15) is 17.6 Å². The number of rotatable bonds is 6. The number of pyridine rings is 1. The largest absolute Gasteiger partial charge is 0.636 e. The number of likely N-dealkylation sites (N-methyl/N-ethyl adjacent to an activating group) is 1. The lowest BCUT2D eigenvalue weighted by atomic mass is 9.78. The highest BCUT2D eigenvalue weighted by Crippen LogP contribution is 2.40. The number of hydrogen-bond acceptors (Lipinski definition) is 9. The van der Waals surface area contributed by atoms with E-state index in [1.807, 2.05) is 24.3 Å². The molecule has 0 unspecified atom stereocenters. The summed E-state index contributed by atoms with van der Waals surface area (Å²) < 4.78 is 28.2. The molecule has 0 saturated carbocycles. The Morgan fingerprint density at radius 1 is 0.944 bits per heavy atom. The molecule has 2 heterocycles. The van der Waals surface area contributed by atoms with Gasteiger partial charge in [0.2, 0.25) is 11.8 Å². The first-order valence-electron chi connectivity index (χ1n) is 11.6. The molecule has 9 nitrogen and oxygen atoms in total. The van der Waals surface area contributed by atoms with Gasteiger partial charge in [-0.25, -0.2) is 0 Å². The van der Waals surface area contributed by atoms with Gasteiger partial charge < -0.3 is 23.5 Å². The van der Waals surface area contributed by atoms with Crippen LogP contribution in [-0.4, -0.2) is 56.2 Å². The van der Waals surface area contributed by atoms with Gasteiger partial charge >= 0.3 is 19.1 Å². The zero-order valence-corrected chi connectivity index (χ0v) is 20.0. The molecular formula is C26H25BN2O7. The molecule has 3 aromatic rings. The van der Waals surface area contributed by atoms with Crippen molar-refractivity contribution in [3.63, 3.8) is 0 Å². The molecule has 1 saturated heterocycles. The molecule has 0 N–H and O–H groups in total. The molecule has 36 heavy (non-hydrogen) atoms. The van der Waals surface area contributed by atoms with Crippen LogP contribution in [0.15, 0.2) is 60.7 Å². The number of carbonyl (C=O) groups is 2. The number of ether oxygens (including phenoxy) is 3. The van der Waals surface area contributed by atoms with Crippen molar-refractivity contribution in [2.75, 3.05) is 27.2 Å². The smallest absolute Gasteiger partial charge is 0.494 e. The Balaban J connectivity index is 1.28. The number of carbonyl (C=O) groups excluding carboxylic acids is 2. The SMILES string of the molecule is COc1cccc(Oc2cccc3c2CC[C@H]3Oc2ccc(B3OC(=O)CN(C)CC(=O)O3)cc2)n1. The van der Waals surface area contributed by atoms with Gasteiger partial charge in [0.25, 0.3) is 0 Å². The fourth-order valence-corrected chi connectivity index (χ4v) is 4.32. The van der Waals surface area contributed by atoms with E-state index in [2.05, 4.69) is 4.98 Å². The quantitative estimate of drug-likeness (QED) is 0.486. The molecule has 1 aromatic heterocycles. The number of fused-ring (bicyclic) bond motifs is 1. The third-order valence-corrected chi connectivity index (χ3v) is 6.00. The second-order valence-corrected chi connectivity index (χ2v) is 8.64. The Morgan fingerprint density at radius 3 is 2.36 bits per heavy atom. The first-order valence-corrected chi connectivity index (χ1v) is 11.6.